The van der Waals surface area contributed by atoms with Gasteiger partial charge in [-0.2, -0.15) is 0 Å². The van der Waals surface area contributed by atoms with Crippen LogP contribution in [0.25, 0.3) is 0 Å². The molecule has 1 aromatic heterocycles. The van der Waals surface area contributed by atoms with Crippen LogP contribution in [0, 0.1) is 0 Å². The summed E-state index contributed by atoms with van der Waals surface area (Å²) in [6, 6.07) is 0. The number of aryl methyl sites for hydroxylation is 1. The van der Waals surface area contributed by atoms with E-state index in [1.807, 2.05) is 0 Å². The van der Waals surface area contributed by atoms with Gasteiger partial charge in [0.05, 0.1) is 17.2 Å². The minimum Gasteiger partial charge on any atom is -0.312 e. The van der Waals surface area contributed by atoms with Crippen molar-refractivity contribution < 1.29 is 8.42 Å². The molecule has 0 amide bonds. The summed E-state index contributed by atoms with van der Waals surface area (Å²) in [5.74, 6) is 1.24. The van der Waals surface area contributed by atoms with E-state index in [1.54, 1.807) is 0 Å². The van der Waals surface area contributed by atoms with Crippen LogP contribution >= 0.6 is 0 Å². The number of hydrogen-bond acceptors (Lipinski definition) is 5. The summed E-state index contributed by atoms with van der Waals surface area (Å²) in [6.45, 7) is 3.86. The van der Waals surface area contributed by atoms with Gasteiger partial charge in [0, 0.05) is 36.7 Å². The number of hydrogen-bond donors (Lipinski definition) is 1. The molecule has 1 aromatic rings. The normalized spacial score (nSPS) is 25.2. The van der Waals surface area contributed by atoms with E-state index in [1.165, 1.54) is 5.56 Å². The molecule has 1 fully saturated rings. The third kappa shape index (κ3) is 2.51. The Hall–Kier alpha value is -1.01. The number of nitrogens with zero attached hydrogens (tertiary/aromatic N) is 2. The summed E-state index contributed by atoms with van der Waals surface area (Å²) in [5, 5.41) is 3.34. The van der Waals surface area contributed by atoms with Crippen molar-refractivity contribution in [3.8, 4) is 0 Å². The third-order valence-electron chi connectivity index (χ3n) is 3.97. The van der Waals surface area contributed by atoms with E-state index in [0.29, 0.717) is 6.42 Å². The maximum Gasteiger partial charge on any atom is 0.151 e. The summed E-state index contributed by atoms with van der Waals surface area (Å²) < 4.78 is 23.2. The molecule has 3 rings (SSSR count). The molecule has 2 aliphatic rings. The first-order valence-corrected chi connectivity index (χ1v) is 8.71. The highest BCUT2D eigenvalue weighted by atomic mass is 32.2. The Balaban J connectivity index is 1.99. The van der Waals surface area contributed by atoms with Crippen molar-refractivity contribution in [2.75, 3.05) is 18.1 Å². The first-order valence-electron chi connectivity index (χ1n) is 6.89. The molecule has 0 spiro atoms. The highest BCUT2D eigenvalue weighted by molar-refractivity contribution is 7.91. The number of rotatable bonds is 2. The Labute approximate surface area is 113 Å². The Bertz CT molecular complexity index is 581. The zero-order chi connectivity index (χ0) is 13.5. The zero-order valence-electron chi connectivity index (χ0n) is 11.1. The van der Waals surface area contributed by atoms with Gasteiger partial charge in [-0.3, -0.25) is 0 Å². The average molecular weight is 281 g/mol. The van der Waals surface area contributed by atoms with Crippen molar-refractivity contribution in [1.29, 1.82) is 0 Å². The van der Waals surface area contributed by atoms with Crippen LogP contribution in [0.1, 0.15) is 42.0 Å². The Kier molecular flexibility index (Phi) is 3.30. The predicted octanol–water partition coefficient (Wildman–Crippen LogP) is 0.587. The van der Waals surface area contributed by atoms with E-state index in [4.69, 9.17) is 0 Å². The van der Waals surface area contributed by atoms with Crippen molar-refractivity contribution in [3.63, 3.8) is 0 Å². The second-order valence-corrected chi connectivity index (χ2v) is 7.56. The molecular formula is C13H19N3O2S. The van der Waals surface area contributed by atoms with Crippen LogP contribution in [0.5, 0.6) is 0 Å². The second kappa shape index (κ2) is 4.83. The van der Waals surface area contributed by atoms with E-state index in [2.05, 4.69) is 22.2 Å². The van der Waals surface area contributed by atoms with Crippen LogP contribution in [0.15, 0.2) is 0 Å². The molecule has 1 atom stereocenters. The summed E-state index contributed by atoms with van der Waals surface area (Å²) in [7, 11) is -2.88. The number of nitrogens with one attached hydrogen (secondary N) is 1. The lowest BCUT2D eigenvalue weighted by atomic mass is 10.0. The lowest BCUT2D eigenvalue weighted by Gasteiger charge is -2.20. The van der Waals surface area contributed by atoms with E-state index < -0.39 is 9.84 Å². The fraction of sp³-hybridized carbons (Fsp3) is 0.692. The summed E-state index contributed by atoms with van der Waals surface area (Å²) in [5.41, 5.74) is 3.42. The topological polar surface area (TPSA) is 72.0 Å². The maximum absolute atomic E-state index is 11.6. The largest absolute Gasteiger partial charge is 0.312 e. The van der Waals surface area contributed by atoms with Gasteiger partial charge in [-0.1, -0.05) is 6.92 Å². The van der Waals surface area contributed by atoms with Gasteiger partial charge in [0.1, 0.15) is 5.82 Å². The first-order chi connectivity index (χ1) is 9.09. The average Bonchev–Trinajstić information content (AvgIpc) is 2.78. The molecule has 1 N–H and O–H groups in total. The van der Waals surface area contributed by atoms with E-state index in [-0.39, 0.29) is 17.4 Å². The van der Waals surface area contributed by atoms with Gasteiger partial charge in [-0.05, 0) is 12.8 Å². The standard InChI is InChI=1S/C13H19N3O2S/c1-2-11-10-7-14-5-3-12(10)16-13(15-11)9-4-6-19(17,18)8-9/h9,14H,2-8H2,1H3. The lowest BCUT2D eigenvalue weighted by molar-refractivity contribution is 0.594. The Morgan fingerprint density at radius 1 is 1.37 bits per heavy atom. The van der Waals surface area contributed by atoms with Gasteiger partial charge in [0.15, 0.2) is 9.84 Å². The van der Waals surface area contributed by atoms with Crippen LogP contribution in [0.4, 0.5) is 0 Å². The Morgan fingerprint density at radius 3 is 2.89 bits per heavy atom. The molecule has 104 valence electrons. The van der Waals surface area contributed by atoms with Gasteiger partial charge < -0.3 is 5.32 Å². The van der Waals surface area contributed by atoms with Crippen molar-refractivity contribution in [2.45, 2.75) is 38.6 Å². The molecule has 0 aliphatic carbocycles. The predicted molar refractivity (Wildman–Crippen MR) is 72.8 cm³/mol. The number of sulfone groups is 1. The summed E-state index contributed by atoms with van der Waals surface area (Å²) >= 11 is 0. The minimum atomic E-state index is -2.88. The van der Waals surface area contributed by atoms with Gasteiger partial charge in [-0.15, -0.1) is 0 Å². The lowest BCUT2D eigenvalue weighted by Crippen LogP contribution is -2.27. The molecule has 2 aliphatic heterocycles. The summed E-state index contributed by atoms with van der Waals surface area (Å²) in [6.07, 6.45) is 2.46. The van der Waals surface area contributed by atoms with Crippen LogP contribution < -0.4 is 5.32 Å². The molecular weight excluding hydrogens is 262 g/mol. The first kappa shape index (κ1) is 13.0. The van der Waals surface area contributed by atoms with Crippen molar-refractivity contribution >= 4 is 9.84 Å². The molecule has 1 saturated heterocycles. The van der Waals surface area contributed by atoms with Crippen molar-refractivity contribution in [3.05, 3.63) is 22.8 Å². The van der Waals surface area contributed by atoms with E-state index >= 15 is 0 Å². The molecule has 3 heterocycles. The van der Waals surface area contributed by atoms with E-state index in [0.717, 1.165) is 43.1 Å². The molecule has 19 heavy (non-hydrogen) atoms. The molecule has 0 bridgehead atoms. The minimum absolute atomic E-state index is 0.00418. The fourth-order valence-corrected chi connectivity index (χ4v) is 4.65. The second-order valence-electron chi connectivity index (χ2n) is 5.33. The van der Waals surface area contributed by atoms with Crippen LogP contribution in [-0.2, 0) is 29.2 Å². The molecule has 0 radical (unpaired) electrons. The highest BCUT2D eigenvalue weighted by Crippen LogP contribution is 2.28. The smallest absolute Gasteiger partial charge is 0.151 e. The van der Waals surface area contributed by atoms with Gasteiger partial charge in [-0.25, -0.2) is 18.4 Å². The molecule has 0 saturated carbocycles. The SMILES string of the molecule is CCc1nc(C2CCS(=O)(=O)C2)nc2c1CNCC2. The molecule has 5 nitrogen and oxygen atoms in total. The van der Waals surface area contributed by atoms with Crippen molar-refractivity contribution in [2.24, 2.45) is 0 Å². The van der Waals surface area contributed by atoms with Crippen molar-refractivity contribution in [1.82, 2.24) is 15.3 Å². The molecule has 0 aromatic carbocycles. The zero-order valence-corrected chi connectivity index (χ0v) is 12.0. The molecule has 6 heteroatoms. The van der Waals surface area contributed by atoms with Gasteiger partial charge in [0.25, 0.3) is 0 Å². The third-order valence-corrected chi connectivity index (χ3v) is 5.74. The van der Waals surface area contributed by atoms with Gasteiger partial charge in [0.2, 0.25) is 0 Å². The highest BCUT2D eigenvalue weighted by Gasteiger charge is 2.32. The van der Waals surface area contributed by atoms with Gasteiger partial charge >= 0.3 is 0 Å². The quantitative estimate of drug-likeness (QED) is 0.859. The van der Waals surface area contributed by atoms with Crippen LogP contribution in [0.2, 0.25) is 0 Å². The maximum atomic E-state index is 11.6. The number of aromatic nitrogens is 2. The Morgan fingerprint density at radius 2 is 2.21 bits per heavy atom. The van der Waals surface area contributed by atoms with Crippen LogP contribution in [0.3, 0.4) is 0 Å². The van der Waals surface area contributed by atoms with Crippen LogP contribution in [-0.4, -0.2) is 36.4 Å². The molecule has 1 unspecified atom stereocenters. The van der Waals surface area contributed by atoms with E-state index in [9.17, 15) is 8.42 Å². The monoisotopic (exact) mass is 281 g/mol. The number of fused-ring (bicyclic) bond motifs is 1. The summed E-state index contributed by atoms with van der Waals surface area (Å²) in [4.78, 5) is 9.29. The fourth-order valence-electron chi connectivity index (χ4n) is 2.91.